The second kappa shape index (κ2) is 8.27. The SMILES string of the molecule is O=C1C(Nc2cccc(OC(F)(F)F)c2)=C(c2cccs2)C(=O)N1Cc1ccccc1. The molecule has 5 nitrogen and oxygen atoms in total. The van der Waals surface area contributed by atoms with Crippen LogP contribution in [0, 0.1) is 0 Å². The molecule has 2 aromatic carbocycles. The van der Waals surface area contributed by atoms with E-state index < -0.39 is 23.9 Å². The summed E-state index contributed by atoms with van der Waals surface area (Å²) in [5.74, 6) is -1.46. The maximum atomic E-state index is 13.1. The van der Waals surface area contributed by atoms with Crippen molar-refractivity contribution in [3.8, 4) is 5.75 Å². The zero-order valence-electron chi connectivity index (χ0n) is 15.8. The number of alkyl halides is 3. The molecule has 0 unspecified atom stereocenters. The summed E-state index contributed by atoms with van der Waals surface area (Å²) in [7, 11) is 0. The van der Waals surface area contributed by atoms with E-state index in [9.17, 15) is 22.8 Å². The average molecular weight is 444 g/mol. The van der Waals surface area contributed by atoms with Gasteiger partial charge in [0, 0.05) is 16.6 Å². The molecule has 0 atom stereocenters. The molecule has 0 bridgehead atoms. The van der Waals surface area contributed by atoms with E-state index in [2.05, 4.69) is 10.1 Å². The number of halogens is 3. The van der Waals surface area contributed by atoms with Crippen molar-refractivity contribution >= 4 is 34.4 Å². The van der Waals surface area contributed by atoms with E-state index in [1.54, 1.807) is 41.8 Å². The first-order valence-electron chi connectivity index (χ1n) is 9.13. The predicted octanol–water partition coefficient (Wildman–Crippen LogP) is 5.04. The van der Waals surface area contributed by atoms with Crippen LogP contribution in [0.5, 0.6) is 5.75 Å². The number of hydrogen-bond donors (Lipinski definition) is 1. The third kappa shape index (κ3) is 4.61. The van der Waals surface area contributed by atoms with Crippen LogP contribution in [-0.2, 0) is 16.1 Å². The Labute approximate surface area is 179 Å². The molecule has 1 N–H and O–H groups in total. The minimum absolute atomic E-state index is 0.00698. The molecule has 31 heavy (non-hydrogen) atoms. The summed E-state index contributed by atoms with van der Waals surface area (Å²) in [6.07, 6.45) is -4.84. The first-order chi connectivity index (χ1) is 14.8. The fourth-order valence-electron chi connectivity index (χ4n) is 3.17. The predicted molar refractivity (Wildman–Crippen MR) is 110 cm³/mol. The lowest BCUT2D eigenvalue weighted by Crippen LogP contribution is -2.31. The topological polar surface area (TPSA) is 58.6 Å². The first kappa shape index (κ1) is 20.7. The minimum Gasteiger partial charge on any atom is -0.406 e. The first-order valence-corrected chi connectivity index (χ1v) is 10.0. The van der Waals surface area contributed by atoms with Crippen molar-refractivity contribution < 1.29 is 27.5 Å². The van der Waals surface area contributed by atoms with Crippen molar-refractivity contribution in [2.24, 2.45) is 0 Å². The van der Waals surface area contributed by atoms with Gasteiger partial charge < -0.3 is 10.1 Å². The van der Waals surface area contributed by atoms with Gasteiger partial charge in [0.05, 0.1) is 12.1 Å². The third-order valence-corrected chi connectivity index (χ3v) is 5.34. The Morgan fingerprint density at radius 1 is 0.935 bits per heavy atom. The number of anilines is 1. The van der Waals surface area contributed by atoms with Crippen molar-refractivity contribution in [3.05, 3.63) is 88.2 Å². The highest BCUT2D eigenvalue weighted by Gasteiger charge is 2.39. The van der Waals surface area contributed by atoms with E-state index in [1.165, 1.54) is 23.5 Å². The zero-order valence-corrected chi connectivity index (χ0v) is 16.7. The van der Waals surface area contributed by atoms with E-state index in [1.807, 2.05) is 6.07 Å². The molecular formula is C22H15F3N2O3S. The molecule has 0 fully saturated rings. The van der Waals surface area contributed by atoms with Crippen molar-refractivity contribution in [2.45, 2.75) is 12.9 Å². The molecule has 2 amide bonds. The number of benzene rings is 2. The quantitative estimate of drug-likeness (QED) is 0.542. The Hall–Kier alpha value is -3.59. The molecule has 4 rings (SSSR count). The van der Waals surface area contributed by atoms with E-state index in [-0.39, 0.29) is 23.5 Å². The molecule has 158 valence electrons. The number of carbonyl (C=O) groups is 2. The standard InChI is InChI=1S/C22H15F3N2O3S/c23-22(24,25)30-16-9-4-8-15(12-16)26-19-18(17-10-5-11-31-17)20(28)27(21(19)29)13-14-6-2-1-3-7-14/h1-12,26H,13H2. The zero-order chi connectivity index (χ0) is 22.0. The number of imide groups is 1. The van der Waals surface area contributed by atoms with Gasteiger partial charge in [-0.15, -0.1) is 24.5 Å². The van der Waals surface area contributed by atoms with Crippen LogP contribution >= 0.6 is 11.3 Å². The number of hydrogen-bond acceptors (Lipinski definition) is 5. The summed E-state index contributed by atoms with van der Waals surface area (Å²) < 4.78 is 41.6. The molecule has 3 aromatic rings. The number of carbonyl (C=O) groups excluding carboxylic acids is 2. The fraction of sp³-hybridized carbons (Fsp3) is 0.0909. The normalized spacial score (nSPS) is 14.4. The summed E-state index contributed by atoms with van der Waals surface area (Å²) in [5.41, 5.74) is 1.15. The van der Waals surface area contributed by atoms with Crippen LogP contribution < -0.4 is 10.1 Å². The molecule has 1 aliphatic rings. The van der Waals surface area contributed by atoms with Gasteiger partial charge in [0.1, 0.15) is 11.4 Å². The second-order valence-corrected chi connectivity index (χ2v) is 7.56. The van der Waals surface area contributed by atoms with Crippen LogP contribution in [-0.4, -0.2) is 23.1 Å². The van der Waals surface area contributed by atoms with Crippen LogP contribution in [0.15, 0.2) is 77.8 Å². The van der Waals surface area contributed by atoms with E-state index in [4.69, 9.17) is 0 Å². The van der Waals surface area contributed by atoms with Crippen LogP contribution in [0.4, 0.5) is 18.9 Å². The molecule has 9 heteroatoms. The van der Waals surface area contributed by atoms with Crippen LogP contribution in [0.3, 0.4) is 0 Å². The number of nitrogens with one attached hydrogen (secondary N) is 1. The highest BCUT2D eigenvalue weighted by atomic mass is 32.1. The summed E-state index contributed by atoms with van der Waals surface area (Å²) in [6.45, 7) is 0.0792. The summed E-state index contributed by atoms with van der Waals surface area (Å²) in [6, 6.07) is 17.6. The van der Waals surface area contributed by atoms with Gasteiger partial charge in [0.25, 0.3) is 11.8 Å². The van der Waals surface area contributed by atoms with Gasteiger partial charge in [-0.05, 0) is 29.1 Å². The number of rotatable bonds is 6. The van der Waals surface area contributed by atoms with E-state index in [0.29, 0.717) is 4.88 Å². The molecule has 0 aliphatic carbocycles. The Kier molecular flexibility index (Phi) is 5.51. The van der Waals surface area contributed by atoms with Gasteiger partial charge in [0.15, 0.2) is 0 Å². The number of ether oxygens (including phenoxy) is 1. The molecule has 0 saturated heterocycles. The number of nitrogens with zero attached hydrogens (tertiary/aromatic N) is 1. The van der Waals surface area contributed by atoms with Crippen molar-refractivity contribution in [2.75, 3.05) is 5.32 Å². The molecule has 0 radical (unpaired) electrons. The highest BCUT2D eigenvalue weighted by molar-refractivity contribution is 7.11. The maximum Gasteiger partial charge on any atom is 0.573 e. The van der Waals surface area contributed by atoms with Gasteiger partial charge >= 0.3 is 6.36 Å². The third-order valence-electron chi connectivity index (χ3n) is 4.46. The summed E-state index contributed by atoms with van der Waals surface area (Å²) in [5, 5.41) is 4.60. The highest BCUT2D eigenvalue weighted by Crippen LogP contribution is 2.34. The number of amides is 2. The molecule has 1 aromatic heterocycles. The molecule has 1 aliphatic heterocycles. The smallest absolute Gasteiger partial charge is 0.406 e. The monoisotopic (exact) mass is 444 g/mol. The van der Waals surface area contributed by atoms with Crippen LogP contribution in [0.25, 0.3) is 5.57 Å². The van der Waals surface area contributed by atoms with Gasteiger partial charge in [-0.3, -0.25) is 14.5 Å². The van der Waals surface area contributed by atoms with Crippen molar-refractivity contribution in [3.63, 3.8) is 0 Å². The number of thiophene rings is 1. The summed E-state index contributed by atoms with van der Waals surface area (Å²) in [4.78, 5) is 27.9. The van der Waals surface area contributed by atoms with Gasteiger partial charge in [0.2, 0.25) is 0 Å². The maximum absolute atomic E-state index is 13.1. The molecular weight excluding hydrogens is 429 g/mol. The lowest BCUT2D eigenvalue weighted by atomic mass is 10.2. The van der Waals surface area contributed by atoms with Gasteiger partial charge in [-0.25, -0.2) is 0 Å². The lowest BCUT2D eigenvalue weighted by Gasteiger charge is -2.15. The van der Waals surface area contributed by atoms with Crippen molar-refractivity contribution in [1.29, 1.82) is 0 Å². The Bertz CT molecular complexity index is 1140. The van der Waals surface area contributed by atoms with Crippen LogP contribution in [0.2, 0.25) is 0 Å². The fourth-order valence-corrected chi connectivity index (χ4v) is 3.93. The van der Waals surface area contributed by atoms with E-state index >= 15 is 0 Å². The molecule has 0 saturated carbocycles. The lowest BCUT2D eigenvalue weighted by molar-refractivity contribution is -0.274. The van der Waals surface area contributed by atoms with E-state index in [0.717, 1.165) is 22.6 Å². The molecule has 0 spiro atoms. The summed E-state index contributed by atoms with van der Waals surface area (Å²) >= 11 is 1.29. The van der Waals surface area contributed by atoms with Gasteiger partial charge in [-0.1, -0.05) is 42.5 Å². The minimum atomic E-state index is -4.84. The van der Waals surface area contributed by atoms with Crippen molar-refractivity contribution in [1.82, 2.24) is 4.90 Å². The Morgan fingerprint density at radius 2 is 1.71 bits per heavy atom. The van der Waals surface area contributed by atoms with Gasteiger partial charge in [-0.2, -0.15) is 0 Å². The second-order valence-electron chi connectivity index (χ2n) is 6.61. The largest absolute Gasteiger partial charge is 0.573 e. The van der Waals surface area contributed by atoms with Crippen LogP contribution in [0.1, 0.15) is 10.4 Å². The average Bonchev–Trinajstić information content (AvgIpc) is 3.31. The molecule has 2 heterocycles. The Balaban J connectivity index is 1.67. The Morgan fingerprint density at radius 3 is 2.39 bits per heavy atom.